The van der Waals surface area contributed by atoms with Crippen molar-refractivity contribution in [3.05, 3.63) is 48.5 Å². The Balaban J connectivity index is 0.00000200. The van der Waals surface area contributed by atoms with Crippen LogP contribution >= 0.6 is 0 Å². The van der Waals surface area contributed by atoms with Crippen molar-refractivity contribution in [2.45, 2.75) is 0 Å². The molecule has 0 fully saturated rings. The molecule has 0 bridgehead atoms. The monoisotopic (exact) mass is 290 g/mol. The molecule has 0 heterocycles. The Morgan fingerprint density at radius 1 is 0.750 bits per heavy atom. The topological polar surface area (TPSA) is 50.7 Å². The molecule has 2 aromatic rings. The van der Waals surface area contributed by atoms with E-state index in [1.807, 2.05) is 36.4 Å². The van der Waals surface area contributed by atoms with Crippen molar-refractivity contribution in [1.29, 1.82) is 0 Å². The van der Waals surface area contributed by atoms with E-state index in [9.17, 15) is 0 Å². The van der Waals surface area contributed by atoms with Crippen molar-refractivity contribution in [3.63, 3.8) is 0 Å². The minimum Gasteiger partial charge on any atom is -1.00 e. The van der Waals surface area contributed by atoms with Crippen molar-refractivity contribution < 1.29 is 12.4 Å². The van der Waals surface area contributed by atoms with E-state index in [-0.39, 0.29) is 12.4 Å². The van der Waals surface area contributed by atoms with Crippen LogP contribution in [0.25, 0.3) is 0 Å². The number of quaternary nitrogens is 1. The number of hydrogen-bond donors (Lipinski definition) is 1. The van der Waals surface area contributed by atoms with Gasteiger partial charge < -0.3 is 18.1 Å². The first kappa shape index (κ1) is 16.1. The molecule has 106 valence electrons. The summed E-state index contributed by atoms with van der Waals surface area (Å²) in [5.41, 5.74) is 9.21. The minimum atomic E-state index is 0. The SMILES string of the molecule is C[N+](C)(C)c1ccc(N=Nc2ccc(N)cc2)cc1.[Cl-]. The zero-order valence-corrected chi connectivity index (χ0v) is 12.7. The lowest BCUT2D eigenvalue weighted by Crippen LogP contribution is -3.00. The molecule has 2 rings (SSSR count). The van der Waals surface area contributed by atoms with Gasteiger partial charge in [0.05, 0.1) is 32.5 Å². The smallest absolute Gasteiger partial charge is 0.132 e. The number of anilines is 1. The Bertz CT molecular complexity index is 568. The van der Waals surface area contributed by atoms with Gasteiger partial charge in [0.25, 0.3) is 0 Å². The minimum absolute atomic E-state index is 0. The van der Waals surface area contributed by atoms with Gasteiger partial charge in [-0.3, -0.25) is 4.48 Å². The van der Waals surface area contributed by atoms with E-state index in [0.29, 0.717) is 0 Å². The third-order valence-electron chi connectivity index (χ3n) is 2.80. The second-order valence-electron chi connectivity index (χ2n) is 5.32. The van der Waals surface area contributed by atoms with Gasteiger partial charge in [-0.15, -0.1) is 0 Å². The lowest BCUT2D eigenvalue weighted by atomic mass is 10.2. The summed E-state index contributed by atoms with van der Waals surface area (Å²) in [6, 6.07) is 15.4. The first-order chi connectivity index (χ1) is 8.95. The van der Waals surface area contributed by atoms with Gasteiger partial charge in [0.1, 0.15) is 5.69 Å². The fourth-order valence-corrected chi connectivity index (χ4v) is 1.62. The lowest BCUT2D eigenvalue weighted by molar-refractivity contribution is -0.00000424. The highest BCUT2D eigenvalue weighted by Crippen LogP contribution is 2.23. The quantitative estimate of drug-likeness (QED) is 0.509. The fraction of sp³-hybridized carbons (Fsp3) is 0.200. The maximum Gasteiger partial charge on any atom is 0.132 e. The zero-order chi connectivity index (χ0) is 13.9. The molecule has 0 saturated heterocycles. The summed E-state index contributed by atoms with van der Waals surface area (Å²) in [5, 5.41) is 8.38. The fourth-order valence-electron chi connectivity index (χ4n) is 1.62. The van der Waals surface area contributed by atoms with E-state index >= 15 is 0 Å². The largest absolute Gasteiger partial charge is 1.00 e. The molecule has 0 aliphatic rings. The van der Waals surface area contributed by atoms with Gasteiger partial charge in [0.2, 0.25) is 0 Å². The average molecular weight is 291 g/mol. The third kappa shape index (κ3) is 4.33. The standard InChI is InChI=1S/C15H19N4.ClH/c1-19(2,3)15-10-8-14(9-11-15)18-17-13-6-4-12(16)5-7-13;/h4-11H,16H2,1-3H3;1H/q+1;/p-1. The van der Waals surface area contributed by atoms with Crippen LogP contribution in [0.3, 0.4) is 0 Å². The number of nitrogens with zero attached hydrogens (tertiary/aromatic N) is 3. The Morgan fingerprint density at radius 3 is 1.55 bits per heavy atom. The highest BCUT2D eigenvalue weighted by atomic mass is 35.5. The first-order valence-corrected chi connectivity index (χ1v) is 6.14. The van der Waals surface area contributed by atoms with Gasteiger partial charge in [-0.1, -0.05) is 0 Å². The van der Waals surface area contributed by atoms with Crippen LogP contribution in [-0.4, -0.2) is 21.1 Å². The Hall–Kier alpha value is -1.91. The van der Waals surface area contributed by atoms with Crippen molar-refractivity contribution in [1.82, 2.24) is 4.48 Å². The number of nitrogens with two attached hydrogens (primary N) is 1. The number of azo groups is 1. The summed E-state index contributed by atoms with van der Waals surface area (Å²) in [7, 11) is 6.39. The third-order valence-corrected chi connectivity index (χ3v) is 2.80. The summed E-state index contributed by atoms with van der Waals surface area (Å²) >= 11 is 0. The number of benzene rings is 2. The van der Waals surface area contributed by atoms with E-state index in [1.54, 1.807) is 0 Å². The molecule has 2 N–H and O–H groups in total. The van der Waals surface area contributed by atoms with Crippen molar-refractivity contribution in [3.8, 4) is 0 Å². The number of nitrogen functional groups attached to an aromatic ring is 1. The molecule has 4 nitrogen and oxygen atoms in total. The van der Waals surface area contributed by atoms with Crippen LogP contribution in [0.5, 0.6) is 0 Å². The summed E-state index contributed by atoms with van der Waals surface area (Å²) in [6.07, 6.45) is 0. The van der Waals surface area contributed by atoms with Gasteiger partial charge in [-0.2, -0.15) is 10.2 Å². The normalized spacial score (nSPS) is 11.3. The van der Waals surface area contributed by atoms with Crippen LogP contribution in [0.4, 0.5) is 22.7 Å². The summed E-state index contributed by atoms with van der Waals surface area (Å²) < 4.78 is 0.787. The molecule has 0 aromatic heterocycles. The predicted octanol–water partition coefficient (Wildman–Crippen LogP) is 0.885. The van der Waals surface area contributed by atoms with E-state index in [0.717, 1.165) is 21.5 Å². The zero-order valence-electron chi connectivity index (χ0n) is 11.9. The molecular weight excluding hydrogens is 272 g/mol. The predicted molar refractivity (Wildman–Crippen MR) is 81.0 cm³/mol. The van der Waals surface area contributed by atoms with Gasteiger partial charge in [-0.05, 0) is 36.4 Å². The maximum atomic E-state index is 5.62. The summed E-state index contributed by atoms with van der Waals surface area (Å²) in [5.74, 6) is 0. The second kappa shape index (κ2) is 6.50. The van der Waals surface area contributed by atoms with Gasteiger partial charge in [0.15, 0.2) is 0 Å². The highest BCUT2D eigenvalue weighted by Gasteiger charge is 2.10. The molecule has 0 aliphatic heterocycles. The Kier molecular flexibility index (Phi) is 5.25. The van der Waals surface area contributed by atoms with Crippen LogP contribution in [0.2, 0.25) is 0 Å². The molecule has 0 spiro atoms. The summed E-state index contributed by atoms with van der Waals surface area (Å²) in [4.78, 5) is 0. The van der Waals surface area contributed by atoms with Crippen LogP contribution < -0.4 is 22.6 Å². The molecule has 0 amide bonds. The van der Waals surface area contributed by atoms with Gasteiger partial charge in [0, 0.05) is 17.8 Å². The van der Waals surface area contributed by atoms with Crippen LogP contribution in [0, 0.1) is 0 Å². The molecular formula is C15H19ClN4. The molecule has 0 aliphatic carbocycles. The van der Waals surface area contributed by atoms with E-state index < -0.39 is 0 Å². The number of rotatable bonds is 3. The van der Waals surface area contributed by atoms with Gasteiger partial charge in [-0.25, -0.2) is 0 Å². The van der Waals surface area contributed by atoms with Crippen LogP contribution in [0.1, 0.15) is 0 Å². The Labute approximate surface area is 125 Å². The van der Waals surface area contributed by atoms with Crippen LogP contribution in [0.15, 0.2) is 58.8 Å². The van der Waals surface area contributed by atoms with Crippen molar-refractivity contribution >= 4 is 22.7 Å². The lowest BCUT2D eigenvalue weighted by Gasteiger charge is -2.23. The Morgan fingerprint density at radius 2 is 1.15 bits per heavy atom. The molecule has 0 atom stereocenters. The molecule has 0 saturated carbocycles. The number of hydrogen-bond acceptors (Lipinski definition) is 3. The second-order valence-corrected chi connectivity index (χ2v) is 5.32. The maximum absolute atomic E-state index is 5.62. The molecule has 2 aromatic carbocycles. The van der Waals surface area contributed by atoms with E-state index in [4.69, 9.17) is 5.73 Å². The van der Waals surface area contributed by atoms with Crippen LogP contribution in [-0.2, 0) is 0 Å². The summed E-state index contributed by atoms with van der Waals surface area (Å²) in [6.45, 7) is 0. The van der Waals surface area contributed by atoms with E-state index in [2.05, 4.69) is 43.5 Å². The molecule has 5 heteroatoms. The highest BCUT2D eigenvalue weighted by molar-refractivity contribution is 5.51. The number of halogens is 1. The van der Waals surface area contributed by atoms with Gasteiger partial charge >= 0.3 is 0 Å². The van der Waals surface area contributed by atoms with Crippen molar-refractivity contribution in [2.75, 3.05) is 26.9 Å². The van der Waals surface area contributed by atoms with E-state index in [1.165, 1.54) is 5.69 Å². The molecule has 20 heavy (non-hydrogen) atoms. The molecule has 0 unspecified atom stereocenters. The average Bonchev–Trinajstić information content (AvgIpc) is 2.37. The first-order valence-electron chi connectivity index (χ1n) is 6.14. The van der Waals surface area contributed by atoms with Crippen molar-refractivity contribution in [2.24, 2.45) is 10.2 Å². The molecule has 0 radical (unpaired) electrons.